The van der Waals surface area contributed by atoms with Crippen LogP contribution in [0.1, 0.15) is 29.0 Å². The molecule has 0 radical (unpaired) electrons. The van der Waals surface area contributed by atoms with Gasteiger partial charge in [0, 0.05) is 43.2 Å². The van der Waals surface area contributed by atoms with E-state index in [1.54, 1.807) is 0 Å². The SMILES string of the molecule is c1ccc(C2CCc3cc(-c4ccc5sc6c(c5c4)c4ccccc4c4c5ccc7ccccc7c5n(-c5ccccc5)c64)ccc3-c3ccccc32)cc1. The summed E-state index contributed by atoms with van der Waals surface area (Å²) in [5, 5.41) is 10.5. The van der Waals surface area contributed by atoms with Crippen molar-refractivity contribution in [1.82, 2.24) is 4.57 Å². The van der Waals surface area contributed by atoms with E-state index < -0.39 is 0 Å². The lowest BCUT2D eigenvalue weighted by Crippen LogP contribution is -2.01. The predicted molar refractivity (Wildman–Crippen MR) is 236 cm³/mol. The average Bonchev–Trinajstić information content (AvgIpc) is 3.76. The van der Waals surface area contributed by atoms with Gasteiger partial charge in [-0.1, -0.05) is 158 Å². The Morgan fingerprint density at radius 2 is 1.16 bits per heavy atom. The molecule has 12 rings (SSSR count). The summed E-state index contributed by atoms with van der Waals surface area (Å²) in [5.74, 6) is 0.386. The van der Waals surface area contributed by atoms with Gasteiger partial charge < -0.3 is 4.57 Å². The van der Waals surface area contributed by atoms with Crippen LogP contribution in [0.4, 0.5) is 0 Å². The number of hydrogen-bond acceptors (Lipinski definition) is 1. The maximum Gasteiger partial charge on any atom is 0.0726 e. The van der Waals surface area contributed by atoms with E-state index >= 15 is 0 Å². The molecule has 0 amide bonds. The fourth-order valence-electron chi connectivity index (χ4n) is 9.78. The third-order valence-corrected chi connectivity index (χ3v) is 13.4. The van der Waals surface area contributed by atoms with Crippen molar-refractivity contribution < 1.29 is 0 Å². The molecule has 1 aliphatic rings. The monoisotopic (exact) mass is 717 g/mol. The Bertz CT molecular complexity index is 3310. The minimum atomic E-state index is 0.386. The van der Waals surface area contributed by atoms with E-state index in [9.17, 15) is 0 Å². The maximum atomic E-state index is 2.55. The summed E-state index contributed by atoms with van der Waals surface area (Å²) in [4.78, 5) is 0. The van der Waals surface area contributed by atoms with Crippen molar-refractivity contribution in [3.63, 3.8) is 0 Å². The van der Waals surface area contributed by atoms with E-state index in [1.807, 2.05) is 11.3 Å². The maximum absolute atomic E-state index is 2.55. The molecule has 1 atom stereocenters. The minimum absolute atomic E-state index is 0.386. The lowest BCUT2D eigenvalue weighted by Gasteiger charge is -2.18. The summed E-state index contributed by atoms with van der Waals surface area (Å²) >= 11 is 1.93. The Labute approximate surface area is 323 Å². The van der Waals surface area contributed by atoms with Crippen molar-refractivity contribution in [2.45, 2.75) is 18.8 Å². The molecule has 1 aliphatic carbocycles. The first kappa shape index (κ1) is 30.9. The van der Waals surface area contributed by atoms with Gasteiger partial charge in [-0.2, -0.15) is 0 Å². The third kappa shape index (κ3) is 4.59. The third-order valence-electron chi connectivity index (χ3n) is 12.2. The molecule has 2 heteroatoms. The van der Waals surface area contributed by atoms with Crippen molar-refractivity contribution in [1.29, 1.82) is 0 Å². The Kier molecular flexibility index (Phi) is 6.76. The summed E-state index contributed by atoms with van der Waals surface area (Å²) in [6.45, 7) is 0. The van der Waals surface area contributed by atoms with Crippen LogP contribution in [0.25, 0.3) is 91.5 Å². The Balaban J connectivity index is 1.10. The number of benzene rings is 9. The molecule has 11 aromatic rings. The van der Waals surface area contributed by atoms with Crippen LogP contribution in [0.15, 0.2) is 182 Å². The van der Waals surface area contributed by atoms with Crippen molar-refractivity contribution in [3.05, 3.63) is 199 Å². The largest absolute Gasteiger partial charge is 0.307 e. The zero-order valence-electron chi connectivity index (χ0n) is 30.2. The predicted octanol–water partition coefficient (Wildman–Crippen LogP) is 14.9. The van der Waals surface area contributed by atoms with Gasteiger partial charge in [0.2, 0.25) is 0 Å². The summed E-state index contributed by atoms with van der Waals surface area (Å²) in [7, 11) is 0. The molecule has 0 N–H and O–H groups in total. The van der Waals surface area contributed by atoms with Crippen molar-refractivity contribution >= 4 is 74.9 Å². The van der Waals surface area contributed by atoms with Crippen LogP contribution >= 0.6 is 11.3 Å². The van der Waals surface area contributed by atoms with Crippen LogP contribution in [0.2, 0.25) is 0 Å². The minimum Gasteiger partial charge on any atom is -0.307 e. The summed E-state index contributed by atoms with van der Waals surface area (Å²) in [6.07, 6.45) is 2.14. The van der Waals surface area contributed by atoms with Gasteiger partial charge in [-0.15, -0.1) is 11.3 Å². The molecule has 0 saturated heterocycles. The quantitative estimate of drug-likeness (QED) is 0.171. The molecule has 1 nitrogen and oxygen atoms in total. The van der Waals surface area contributed by atoms with Crippen LogP contribution < -0.4 is 0 Å². The highest BCUT2D eigenvalue weighted by Gasteiger charge is 2.25. The van der Waals surface area contributed by atoms with E-state index in [-0.39, 0.29) is 0 Å². The Morgan fingerprint density at radius 1 is 0.473 bits per heavy atom. The van der Waals surface area contributed by atoms with E-state index in [0.717, 1.165) is 12.8 Å². The molecular weight excluding hydrogens is 683 g/mol. The molecular formula is C53H35NS. The first-order valence-corrected chi connectivity index (χ1v) is 20.2. The Morgan fingerprint density at radius 3 is 2.02 bits per heavy atom. The number of aryl methyl sites for hydroxylation is 1. The van der Waals surface area contributed by atoms with Gasteiger partial charge >= 0.3 is 0 Å². The summed E-state index contributed by atoms with van der Waals surface area (Å²) < 4.78 is 5.21. The first-order chi connectivity index (χ1) is 27.3. The molecule has 0 bridgehead atoms. The van der Waals surface area contributed by atoms with Crippen LogP contribution in [0.5, 0.6) is 0 Å². The molecule has 0 fully saturated rings. The van der Waals surface area contributed by atoms with E-state index in [4.69, 9.17) is 0 Å². The van der Waals surface area contributed by atoms with Crippen LogP contribution in [-0.4, -0.2) is 4.57 Å². The fraction of sp³-hybridized carbons (Fsp3) is 0.0566. The second kappa shape index (κ2) is 12.0. The second-order valence-electron chi connectivity index (χ2n) is 15.1. The molecule has 1 unspecified atom stereocenters. The molecule has 2 aromatic heterocycles. The molecule has 0 aliphatic heterocycles. The second-order valence-corrected chi connectivity index (χ2v) is 16.2. The topological polar surface area (TPSA) is 4.93 Å². The van der Waals surface area contributed by atoms with E-state index in [0.29, 0.717) is 5.92 Å². The van der Waals surface area contributed by atoms with Gasteiger partial charge in [0.25, 0.3) is 0 Å². The van der Waals surface area contributed by atoms with Gasteiger partial charge in [0.15, 0.2) is 0 Å². The number of para-hydroxylation sites is 1. The fourth-order valence-corrected chi connectivity index (χ4v) is 11.0. The van der Waals surface area contributed by atoms with E-state index in [1.165, 1.54) is 108 Å². The van der Waals surface area contributed by atoms with Gasteiger partial charge in [-0.25, -0.2) is 0 Å². The van der Waals surface area contributed by atoms with Gasteiger partial charge in [0.05, 0.1) is 15.7 Å². The van der Waals surface area contributed by atoms with E-state index in [2.05, 4.69) is 187 Å². The lowest BCUT2D eigenvalue weighted by atomic mass is 9.86. The van der Waals surface area contributed by atoms with Crippen molar-refractivity contribution in [3.8, 4) is 27.9 Å². The molecule has 0 saturated carbocycles. The molecule has 2 heterocycles. The van der Waals surface area contributed by atoms with Crippen molar-refractivity contribution in [2.75, 3.05) is 0 Å². The van der Waals surface area contributed by atoms with Crippen LogP contribution in [0.3, 0.4) is 0 Å². The summed E-state index contributed by atoms with van der Waals surface area (Å²) in [5.41, 5.74) is 13.3. The zero-order valence-corrected chi connectivity index (χ0v) is 31.0. The van der Waals surface area contributed by atoms with Crippen molar-refractivity contribution in [2.24, 2.45) is 0 Å². The molecule has 9 aromatic carbocycles. The summed E-state index contributed by atoms with van der Waals surface area (Å²) in [6, 6.07) is 68.0. The highest BCUT2D eigenvalue weighted by molar-refractivity contribution is 7.27. The highest BCUT2D eigenvalue weighted by Crippen LogP contribution is 2.50. The molecule has 55 heavy (non-hydrogen) atoms. The van der Waals surface area contributed by atoms with Gasteiger partial charge in [0.1, 0.15) is 0 Å². The first-order valence-electron chi connectivity index (χ1n) is 19.4. The molecule has 0 spiro atoms. The van der Waals surface area contributed by atoms with Crippen LogP contribution in [-0.2, 0) is 6.42 Å². The van der Waals surface area contributed by atoms with Gasteiger partial charge in [-0.3, -0.25) is 0 Å². The highest BCUT2D eigenvalue weighted by atomic mass is 32.1. The number of rotatable bonds is 3. The smallest absolute Gasteiger partial charge is 0.0726 e. The number of hydrogen-bond donors (Lipinski definition) is 0. The number of fused-ring (bicyclic) bond motifs is 15. The number of aromatic nitrogens is 1. The standard InChI is InChI=1S/C53H35NS/c1-3-13-33(14-4-1)39-28-25-37-31-35(24-27-40(37)43-20-10-9-19-42(39)43)36-26-30-48-47(32-36)50-45-22-12-11-21-44(45)49-46-29-23-34-15-7-8-18-41(34)51(46)54(52(49)53(50)55-48)38-16-5-2-6-17-38/h1-24,26-27,29-32,39H,25,28H2. The lowest BCUT2D eigenvalue weighted by molar-refractivity contribution is 0.726. The number of thiophene rings is 1. The van der Waals surface area contributed by atoms with Gasteiger partial charge in [-0.05, 0) is 92.2 Å². The zero-order chi connectivity index (χ0) is 36.0. The molecule has 258 valence electrons. The van der Waals surface area contributed by atoms with Crippen LogP contribution in [0, 0.1) is 0 Å². The Hall–Kier alpha value is -6.48. The normalized spacial score (nSPS) is 14.2. The number of nitrogens with zero attached hydrogens (tertiary/aromatic N) is 1. The average molecular weight is 718 g/mol.